The van der Waals surface area contributed by atoms with Crippen LogP contribution in [0, 0.1) is 5.92 Å². The zero-order valence-corrected chi connectivity index (χ0v) is 15.0. The van der Waals surface area contributed by atoms with Crippen LogP contribution in [0.15, 0.2) is 30.3 Å². The quantitative estimate of drug-likeness (QED) is 0.690. The van der Waals surface area contributed by atoms with Gasteiger partial charge in [0.2, 0.25) is 10.0 Å². The van der Waals surface area contributed by atoms with Crippen LogP contribution in [0.4, 0.5) is 0 Å². The van der Waals surface area contributed by atoms with Gasteiger partial charge in [0.05, 0.1) is 5.75 Å². The molecule has 1 heterocycles. The maximum absolute atomic E-state index is 12.3. The fourth-order valence-electron chi connectivity index (χ4n) is 2.95. The summed E-state index contributed by atoms with van der Waals surface area (Å²) < 4.78 is 31.6. The van der Waals surface area contributed by atoms with E-state index >= 15 is 0 Å². The molecule has 1 aliphatic heterocycles. The summed E-state index contributed by atoms with van der Waals surface area (Å²) in [5, 5.41) is 0. The van der Waals surface area contributed by atoms with Crippen molar-refractivity contribution in [3.05, 3.63) is 30.3 Å². The Hall–Kier alpha value is -1.11. The minimum Gasteiger partial charge on any atom is -0.492 e. The van der Waals surface area contributed by atoms with Gasteiger partial charge in [0, 0.05) is 20.1 Å². The second kappa shape index (κ2) is 8.66. The summed E-state index contributed by atoms with van der Waals surface area (Å²) in [6.07, 6.45) is 2.52. The molecule has 1 atom stereocenters. The first-order valence-electron chi connectivity index (χ1n) is 8.31. The molecular formula is C17H28N2O3S. The van der Waals surface area contributed by atoms with Gasteiger partial charge in [-0.25, -0.2) is 12.7 Å². The molecule has 1 aromatic rings. The molecule has 0 saturated carbocycles. The minimum absolute atomic E-state index is 0.00876. The van der Waals surface area contributed by atoms with Gasteiger partial charge in [-0.1, -0.05) is 25.1 Å². The zero-order chi connectivity index (χ0) is 16.7. The van der Waals surface area contributed by atoms with E-state index in [9.17, 15) is 8.42 Å². The Balaban J connectivity index is 1.74. The normalized spacial score (nSPS) is 17.5. The number of nitrogens with zero attached hydrogens (tertiary/aromatic N) is 2. The largest absolute Gasteiger partial charge is 0.492 e. The van der Waals surface area contributed by atoms with E-state index in [-0.39, 0.29) is 12.4 Å². The Morgan fingerprint density at radius 2 is 1.87 bits per heavy atom. The molecule has 0 bridgehead atoms. The van der Waals surface area contributed by atoms with Crippen molar-refractivity contribution >= 4 is 10.0 Å². The van der Waals surface area contributed by atoms with Crippen LogP contribution in [0.1, 0.15) is 19.8 Å². The first-order chi connectivity index (χ1) is 11.0. The van der Waals surface area contributed by atoms with Crippen LogP contribution in [0.25, 0.3) is 0 Å². The fraction of sp³-hybridized carbons (Fsp3) is 0.647. The highest BCUT2D eigenvalue weighted by Crippen LogP contribution is 2.13. The molecule has 1 aliphatic rings. The van der Waals surface area contributed by atoms with Crippen LogP contribution in [-0.4, -0.2) is 63.2 Å². The second-order valence-electron chi connectivity index (χ2n) is 6.37. The van der Waals surface area contributed by atoms with E-state index in [0.717, 1.165) is 19.6 Å². The molecule has 0 aromatic heterocycles. The SMILES string of the molecule is CC(CN1CCCC1)CN(C)S(=O)(=O)CCOc1ccccc1. The fourth-order valence-corrected chi connectivity index (χ4v) is 4.04. The highest BCUT2D eigenvalue weighted by molar-refractivity contribution is 7.89. The predicted molar refractivity (Wildman–Crippen MR) is 93.2 cm³/mol. The summed E-state index contributed by atoms with van der Waals surface area (Å²) in [7, 11) is -1.60. The monoisotopic (exact) mass is 340 g/mol. The van der Waals surface area contributed by atoms with Crippen molar-refractivity contribution in [2.45, 2.75) is 19.8 Å². The summed E-state index contributed by atoms with van der Waals surface area (Å²) >= 11 is 0. The topological polar surface area (TPSA) is 49.9 Å². The lowest BCUT2D eigenvalue weighted by Crippen LogP contribution is -2.37. The van der Waals surface area contributed by atoms with Crippen molar-refractivity contribution in [3.63, 3.8) is 0 Å². The lowest BCUT2D eigenvalue weighted by atomic mass is 10.2. The Morgan fingerprint density at radius 1 is 1.22 bits per heavy atom. The van der Waals surface area contributed by atoms with E-state index in [1.807, 2.05) is 30.3 Å². The van der Waals surface area contributed by atoms with Gasteiger partial charge in [-0.3, -0.25) is 0 Å². The zero-order valence-electron chi connectivity index (χ0n) is 14.1. The van der Waals surface area contributed by atoms with E-state index in [1.165, 1.54) is 17.1 Å². The van der Waals surface area contributed by atoms with E-state index < -0.39 is 10.0 Å². The van der Waals surface area contributed by atoms with Gasteiger partial charge < -0.3 is 9.64 Å². The number of sulfonamides is 1. The van der Waals surface area contributed by atoms with Crippen molar-refractivity contribution in [1.82, 2.24) is 9.21 Å². The Labute approximate surface area is 140 Å². The van der Waals surface area contributed by atoms with Crippen LogP contribution in [0.2, 0.25) is 0 Å². The molecule has 0 spiro atoms. The Kier molecular flexibility index (Phi) is 6.87. The van der Waals surface area contributed by atoms with Crippen LogP contribution in [0.5, 0.6) is 5.75 Å². The average molecular weight is 340 g/mol. The maximum atomic E-state index is 12.3. The van der Waals surface area contributed by atoms with Crippen molar-refractivity contribution in [2.75, 3.05) is 45.6 Å². The molecular weight excluding hydrogens is 312 g/mol. The first-order valence-corrected chi connectivity index (χ1v) is 9.92. The third-order valence-electron chi connectivity index (χ3n) is 4.17. The lowest BCUT2D eigenvalue weighted by Gasteiger charge is -2.25. The minimum atomic E-state index is -3.27. The summed E-state index contributed by atoms with van der Waals surface area (Å²) in [4.78, 5) is 2.42. The maximum Gasteiger partial charge on any atom is 0.217 e. The van der Waals surface area contributed by atoms with Gasteiger partial charge >= 0.3 is 0 Å². The molecule has 1 saturated heterocycles. The van der Waals surface area contributed by atoms with Gasteiger partial charge in [0.25, 0.3) is 0 Å². The molecule has 0 aliphatic carbocycles. The summed E-state index contributed by atoms with van der Waals surface area (Å²) in [6, 6.07) is 9.30. The highest BCUT2D eigenvalue weighted by atomic mass is 32.2. The Bertz CT molecular complexity index is 556. The molecule has 1 fully saturated rings. The highest BCUT2D eigenvalue weighted by Gasteiger charge is 2.22. The van der Waals surface area contributed by atoms with Crippen molar-refractivity contribution in [2.24, 2.45) is 5.92 Å². The number of ether oxygens (including phenoxy) is 1. The van der Waals surface area contributed by atoms with Crippen molar-refractivity contribution in [3.8, 4) is 5.75 Å². The molecule has 5 nitrogen and oxygen atoms in total. The first kappa shape index (κ1) is 18.2. The molecule has 1 unspecified atom stereocenters. The average Bonchev–Trinajstić information content (AvgIpc) is 3.00. The Morgan fingerprint density at radius 3 is 2.52 bits per heavy atom. The smallest absolute Gasteiger partial charge is 0.217 e. The van der Waals surface area contributed by atoms with Gasteiger partial charge in [-0.15, -0.1) is 0 Å². The number of hydrogen-bond acceptors (Lipinski definition) is 4. The van der Waals surface area contributed by atoms with Crippen LogP contribution < -0.4 is 4.74 Å². The molecule has 23 heavy (non-hydrogen) atoms. The van der Waals surface area contributed by atoms with Gasteiger partial charge in [0.1, 0.15) is 12.4 Å². The van der Waals surface area contributed by atoms with Crippen molar-refractivity contribution < 1.29 is 13.2 Å². The van der Waals surface area contributed by atoms with Gasteiger partial charge in [-0.05, 0) is 44.0 Å². The van der Waals surface area contributed by atoms with Crippen LogP contribution in [-0.2, 0) is 10.0 Å². The third kappa shape index (κ3) is 6.12. The second-order valence-corrected chi connectivity index (χ2v) is 8.57. The van der Waals surface area contributed by atoms with Gasteiger partial charge in [-0.2, -0.15) is 0 Å². The third-order valence-corrected chi connectivity index (χ3v) is 5.95. The summed E-state index contributed by atoms with van der Waals surface area (Å²) in [5.41, 5.74) is 0. The molecule has 0 N–H and O–H groups in total. The van der Waals surface area contributed by atoms with E-state index in [1.54, 1.807) is 7.05 Å². The van der Waals surface area contributed by atoms with Crippen molar-refractivity contribution in [1.29, 1.82) is 0 Å². The van der Waals surface area contributed by atoms with Gasteiger partial charge in [0.15, 0.2) is 0 Å². The number of rotatable bonds is 9. The number of benzene rings is 1. The van der Waals surface area contributed by atoms with E-state index in [2.05, 4.69) is 11.8 Å². The molecule has 6 heteroatoms. The summed E-state index contributed by atoms with van der Waals surface area (Å²) in [5.74, 6) is 1.05. The molecule has 130 valence electrons. The number of likely N-dealkylation sites (tertiary alicyclic amines) is 1. The lowest BCUT2D eigenvalue weighted by molar-refractivity contribution is 0.264. The molecule has 2 rings (SSSR count). The summed E-state index contributed by atoms with van der Waals surface area (Å²) in [6.45, 7) is 6.12. The van der Waals surface area contributed by atoms with E-state index in [0.29, 0.717) is 18.2 Å². The van der Waals surface area contributed by atoms with E-state index in [4.69, 9.17) is 4.74 Å². The number of para-hydroxylation sites is 1. The molecule has 0 amide bonds. The standard InChI is InChI=1S/C17H28N2O3S/c1-16(15-19-10-6-7-11-19)14-18(2)23(20,21)13-12-22-17-8-4-3-5-9-17/h3-5,8-9,16H,6-7,10-15H2,1-2H3. The molecule has 0 radical (unpaired) electrons. The van der Waals surface area contributed by atoms with Crippen LogP contribution in [0.3, 0.4) is 0 Å². The number of hydrogen-bond donors (Lipinski definition) is 0. The predicted octanol–water partition coefficient (Wildman–Crippen LogP) is 2.06. The molecule has 1 aromatic carbocycles. The van der Waals surface area contributed by atoms with Crippen LogP contribution >= 0.6 is 0 Å².